The fourth-order valence-corrected chi connectivity index (χ4v) is 2.37. The van der Waals surface area contributed by atoms with Crippen LogP contribution in [-0.2, 0) is 9.53 Å². The maximum Gasteiger partial charge on any atom is 0.452 e. The van der Waals surface area contributed by atoms with Crippen molar-refractivity contribution in [1.29, 1.82) is 0 Å². The number of hydrogen-bond donors (Lipinski definition) is 4. The first-order valence-electron chi connectivity index (χ1n) is 7.42. The molecule has 1 aliphatic rings. The highest BCUT2D eigenvalue weighted by molar-refractivity contribution is 5.91. The molecule has 0 amide bonds. The number of rotatable bonds is 5. The summed E-state index contributed by atoms with van der Waals surface area (Å²) in [6, 6.07) is -1.95. The van der Waals surface area contributed by atoms with E-state index in [4.69, 9.17) is 21.3 Å². The number of ketones is 1. The maximum absolute atomic E-state index is 12.3. The molecule has 1 aromatic rings. The Hall–Kier alpha value is -2.28. The van der Waals surface area contributed by atoms with E-state index in [-0.39, 0.29) is 17.8 Å². The van der Waals surface area contributed by atoms with Crippen molar-refractivity contribution >= 4 is 17.7 Å². The van der Waals surface area contributed by atoms with Gasteiger partial charge in [-0.15, -0.1) is 0 Å². The lowest BCUT2D eigenvalue weighted by Gasteiger charge is -2.15. The second kappa shape index (κ2) is 7.53. The number of nitrogens with zero attached hydrogens (tertiary/aromatic N) is 2. The van der Waals surface area contributed by atoms with Gasteiger partial charge in [0.05, 0.1) is 18.8 Å². The summed E-state index contributed by atoms with van der Waals surface area (Å²) in [4.78, 5) is 26.5. The van der Waals surface area contributed by atoms with Crippen LogP contribution in [0.3, 0.4) is 0 Å². The van der Waals surface area contributed by atoms with Crippen molar-refractivity contribution in [3.8, 4) is 0 Å². The van der Waals surface area contributed by atoms with Gasteiger partial charge in [-0.05, 0) is 0 Å². The molecular formula is C14H17F3N4O5. The van der Waals surface area contributed by atoms with Crippen molar-refractivity contribution in [3.63, 3.8) is 0 Å². The quantitative estimate of drug-likeness (QED) is 0.505. The third-order valence-corrected chi connectivity index (χ3v) is 3.77. The molecule has 0 aliphatic carbocycles. The van der Waals surface area contributed by atoms with Crippen molar-refractivity contribution in [3.05, 3.63) is 28.3 Å². The largest absolute Gasteiger partial charge is 0.452 e. The monoisotopic (exact) mass is 378 g/mol. The molecular weight excluding hydrogens is 361 g/mol. The second-order valence-electron chi connectivity index (χ2n) is 5.63. The van der Waals surface area contributed by atoms with E-state index in [2.05, 4.69) is 4.98 Å². The number of carbonyl (C=O) groups excluding carboxylic acids is 1. The summed E-state index contributed by atoms with van der Waals surface area (Å²) >= 11 is 0. The average Bonchev–Trinajstić information content (AvgIpc) is 2.92. The van der Waals surface area contributed by atoms with E-state index in [0.717, 1.165) is 22.9 Å². The van der Waals surface area contributed by atoms with Crippen LogP contribution >= 0.6 is 0 Å². The average molecular weight is 378 g/mol. The minimum atomic E-state index is -5.08. The number of ether oxygens (including phenoxy) is 1. The number of nitrogens with two attached hydrogens (primary N) is 2. The highest BCUT2D eigenvalue weighted by Gasteiger charge is 2.41. The fraction of sp³-hybridized carbons (Fsp3) is 0.500. The van der Waals surface area contributed by atoms with Gasteiger partial charge in [0.1, 0.15) is 18.1 Å². The number of aliphatic hydroxyl groups is 2. The Labute approximate surface area is 144 Å². The van der Waals surface area contributed by atoms with Crippen LogP contribution < -0.4 is 17.2 Å². The summed E-state index contributed by atoms with van der Waals surface area (Å²) in [7, 11) is 0. The Morgan fingerprint density at radius 3 is 2.73 bits per heavy atom. The Morgan fingerprint density at radius 1 is 1.54 bits per heavy atom. The van der Waals surface area contributed by atoms with Crippen LogP contribution in [0, 0.1) is 0 Å². The highest BCUT2D eigenvalue weighted by atomic mass is 19.4. The third-order valence-electron chi connectivity index (χ3n) is 3.77. The molecule has 0 aromatic carbocycles. The Kier molecular flexibility index (Phi) is 5.81. The van der Waals surface area contributed by atoms with Crippen molar-refractivity contribution in [2.45, 2.75) is 37.1 Å². The molecule has 1 aromatic heterocycles. The smallest absolute Gasteiger partial charge is 0.394 e. The Bertz CT molecular complexity index is 764. The zero-order valence-electron chi connectivity index (χ0n) is 13.3. The zero-order valence-corrected chi connectivity index (χ0v) is 13.3. The number of carbonyl (C=O) groups is 1. The Morgan fingerprint density at radius 2 is 2.19 bits per heavy atom. The third kappa shape index (κ3) is 4.27. The van der Waals surface area contributed by atoms with Crippen LogP contribution in [0.5, 0.6) is 0 Å². The molecule has 0 radical (unpaired) electrons. The minimum Gasteiger partial charge on any atom is -0.394 e. The van der Waals surface area contributed by atoms with Crippen LogP contribution in [0.15, 0.2) is 17.1 Å². The highest BCUT2D eigenvalue weighted by Crippen LogP contribution is 2.28. The lowest BCUT2D eigenvalue weighted by atomic mass is 10.1. The SMILES string of the molecule is Nc1nc(=O)n([C@H]2CC(O)[C@@H](CO)O2)cc1C=CC(N)C(=O)C(F)(F)F. The van der Waals surface area contributed by atoms with Crippen LogP contribution in [0.2, 0.25) is 0 Å². The normalized spacial score (nSPS) is 24.9. The molecule has 2 unspecified atom stereocenters. The van der Waals surface area contributed by atoms with E-state index in [1.165, 1.54) is 0 Å². The van der Waals surface area contributed by atoms with Gasteiger partial charge in [-0.2, -0.15) is 18.2 Å². The van der Waals surface area contributed by atoms with Crippen LogP contribution in [-0.4, -0.2) is 56.6 Å². The van der Waals surface area contributed by atoms with Gasteiger partial charge in [-0.25, -0.2) is 4.79 Å². The second-order valence-corrected chi connectivity index (χ2v) is 5.63. The first-order chi connectivity index (χ1) is 12.0. The molecule has 1 aliphatic heterocycles. The van der Waals surface area contributed by atoms with Gasteiger partial charge in [-0.3, -0.25) is 9.36 Å². The van der Waals surface area contributed by atoms with Crippen molar-refractivity contribution in [2.75, 3.05) is 12.3 Å². The van der Waals surface area contributed by atoms with Crippen LogP contribution in [0.25, 0.3) is 6.08 Å². The molecule has 2 heterocycles. The molecule has 1 fully saturated rings. The van der Waals surface area contributed by atoms with Gasteiger partial charge in [0.2, 0.25) is 0 Å². The van der Waals surface area contributed by atoms with E-state index in [0.29, 0.717) is 0 Å². The molecule has 4 atom stereocenters. The van der Waals surface area contributed by atoms with E-state index in [9.17, 15) is 27.9 Å². The molecule has 6 N–H and O–H groups in total. The summed E-state index contributed by atoms with van der Waals surface area (Å²) in [5.74, 6) is -2.42. The number of halogens is 3. The van der Waals surface area contributed by atoms with Crippen molar-refractivity contribution < 1.29 is 32.9 Å². The number of aromatic nitrogens is 2. The molecule has 2 rings (SSSR count). The topological polar surface area (TPSA) is 154 Å². The molecule has 1 saturated heterocycles. The predicted octanol–water partition coefficient (Wildman–Crippen LogP) is -1.06. The molecule has 0 saturated carbocycles. The summed E-state index contributed by atoms with van der Waals surface area (Å²) in [5, 5.41) is 18.8. The molecule has 26 heavy (non-hydrogen) atoms. The standard InChI is InChI=1S/C14H17F3N4O5/c15-14(16,17)11(24)7(18)2-1-6-4-21(13(25)20-12(6)19)10-3-8(23)9(5-22)26-10/h1-2,4,7-10,22-23H,3,5,18H2,(H2,19,20,25)/t7?,8?,9-,10-/m1/s1. The summed E-state index contributed by atoms with van der Waals surface area (Å²) in [5.41, 5.74) is 9.95. The lowest BCUT2D eigenvalue weighted by molar-refractivity contribution is -0.171. The predicted molar refractivity (Wildman–Crippen MR) is 82.6 cm³/mol. The zero-order chi connectivity index (χ0) is 19.6. The van der Waals surface area contributed by atoms with E-state index >= 15 is 0 Å². The first kappa shape index (κ1) is 20.0. The maximum atomic E-state index is 12.3. The van der Waals surface area contributed by atoms with Gasteiger partial charge in [0, 0.05) is 18.2 Å². The molecule has 0 bridgehead atoms. The first-order valence-corrected chi connectivity index (χ1v) is 7.42. The summed E-state index contributed by atoms with van der Waals surface area (Å²) in [6.45, 7) is -0.462. The number of aliphatic hydroxyl groups excluding tert-OH is 2. The molecule has 0 spiro atoms. The lowest BCUT2D eigenvalue weighted by Crippen LogP contribution is -2.39. The summed E-state index contributed by atoms with van der Waals surface area (Å²) in [6.07, 6.45) is -4.97. The number of alkyl halides is 3. The number of nitrogen functional groups attached to an aromatic ring is 1. The van der Waals surface area contributed by atoms with Gasteiger partial charge < -0.3 is 26.4 Å². The van der Waals surface area contributed by atoms with Gasteiger partial charge in [0.15, 0.2) is 0 Å². The number of anilines is 1. The molecule has 144 valence electrons. The van der Waals surface area contributed by atoms with E-state index in [1.54, 1.807) is 0 Å². The molecule has 9 nitrogen and oxygen atoms in total. The van der Waals surface area contributed by atoms with Gasteiger partial charge >= 0.3 is 11.9 Å². The van der Waals surface area contributed by atoms with Crippen LogP contribution in [0.1, 0.15) is 18.2 Å². The van der Waals surface area contributed by atoms with Crippen LogP contribution in [0.4, 0.5) is 19.0 Å². The van der Waals surface area contributed by atoms with Gasteiger partial charge in [-0.1, -0.05) is 12.2 Å². The van der Waals surface area contributed by atoms with E-state index in [1.807, 2.05) is 0 Å². The van der Waals surface area contributed by atoms with Crippen molar-refractivity contribution in [2.24, 2.45) is 5.73 Å². The van der Waals surface area contributed by atoms with Crippen molar-refractivity contribution in [1.82, 2.24) is 9.55 Å². The van der Waals surface area contributed by atoms with E-state index < -0.39 is 48.7 Å². The summed E-state index contributed by atoms with van der Waals surface area (Å²) < 4.78 is 43.3. The number of Topliss-reactive ketones (excluding diaryl/α,β-unsaturated/α-hetero) is 1. The number of hydrogen-bond acceptors (Lipinski definition) is 8. The Balaban J connectivity index is 2.27. The molecule has 12 heteroatoms. The van der Waals surface area contributed by atoms with Gasteiger partial charge in [0.25, 0.3) is 5.78 Å². The fourth-order valence-electron chi connectivity index (χ4n) is 2.37. The minimum absolute atomic E-state index is 0.00798.